The minimum Gasteiger partial charge on any atom is -0.349 e. The average molecular weight is 556 g/mol. The standard InChI is InChI=1S/C27H33N5O6S/c1-25(2)37-16-26(3,17-38-25)39(35,36)27(10-11-27)15-32-12-9-20-21(30-31(4)22(20)24(32)34)23(33)29-14-19-7-5-18(13-28)6-8-19/h5-8H,9-12,14-17H2,1-4H3,(H,29,33). The monoisotopic (exact) mass is 555 g/mol. The number of ether oxygens (including phenoxy) is 2. The van der Waals surface area contributed by atoms with Crippen LogP contribution in [0.25, 0.3) is 0 Å². The molecule has 0 unspecified atom stereocenters. The predicted octanol–water partition coefficient (Wildman–Crippen LogP) is 1.71. The van der Waals surface area contributed by atoms with Crippen LogP contribution in [0, 0.1) is 11.3 Å². The molecule has 1 saturated heterocycles. The van der Waals surface area contributed by atoms with Gasteiger partial charge in [-0.25, -0.2) is 8.42 Å². The quantitative estimate of drug-likeness (QED) is 0.544. The summed E-state index contributed by atoms with van der Waals surface area (Å²) < 4.78 is 38.2. The lowest BCUT2D eigenvalue weighted by Crippen LogP contribution is -2.59. The fraction of sp³-hybridized carbons (Fsp3) is 0.556. The van der Waals surface area contributed by atoms with Gasteiger partial charge < -0.3 is 19.7 Å². The van der Waals surface area contributed by atoms with E-state index in [4.69, 9.17) is 14.7 Å². The molecule has 1 saturated carbocycles. The second-order valence-electron chi connectivity index (χ2n) is 11.4. The Morgan fingerprint density at radius 2 is 1.79 bits per heavy atom. The Hall–Kier alpha value is -3.27. The number of benzene rings is 1. The van der Waals surface area contributed by atoms with Gasteiger partial charge in [0.2, 0.25) is 0 Å². The maximum absolute atomic E-state index is 13.8. The second-order valence-corrected chi connectivity index (χ2v) is 14.2. The van der Waals surface area contributed by atoms with Crippen LogP contribution in [0.15, 0.2) is 24.3 Å². The molecule has 2 aromatic rings. The number of hydrogen-bond donors (Lipinski definition) is 1. The van der Waals surface area contributed by atoms with E-state index in [9.17, 15) is 18.0 Å². The smallest absolute Gasteiger partial charge is 0.272 e. The van der Waals surface area contributed by atoms with Crippen molar-refractivity contribution in [2.45, 2.75) is 61.9 Å². The largest absolute Gasteiger partial charge is 0.349 e. The maximum atomic E-state index is 13.8. The number of rotatable bonds is 7. The van der Waals surface area contributed by atoms with Crippen LogP contribution in [-0.4, -0.2) is 76.5 Å². The number of amides is 2. The van der Waals surface area contributed by atoms with Crippen molar-refractivity contribution >= 4 is 21.7 Å². The number of sulfone groups is 1. The summed E-state index contributed by atoms with van der Waals surface area (Å²) in [6.45, 7) is 5.85. The van der Waals surface area contributed by atoms with Crippen LogP contribution < -0.4 is 5.32 Å². The fourth-order valence-electron chi connectivity index (χ4n) is 5.28. The zero-order valence-electron chi connectivity index (χ0n) is 22.6. The molecule has 0 bridgehead atoms. The van der Waals surface area contributed by atoms with Crippen molar-refractivity contribution in [1.29, 1.82) is 5.26 Å². The Bertz CT molecular complexity index is 1460. The van der Waals surface area contributed by atoms with Crippen LogP contribution in [0.4, 0.5) is 0 Å². The Kier molecular flexibility index (Phi) is 6.60. The highest BCUT2D eigenvalue weighted by Crippen LogP contribution is 2.50. The summed E-state index contributed by atoms with van der Waals surface area (Å²) in [6, 6.07) is 8.95. The molecule has 1 aromatic heterocycles. The topological polar surface area (TPSA) is 144 Å². The molecule has 2 amide bonds. The Balaban J connectivity index is 1.29. The number of carbonyl (C=O) groups excluding carboxylic acids is 2. The van der Waals surface area contributed by atoms with Crippen LogP contribution in [0.2, 0.25) is 0 Å². The maximum Gasteiger partial charge on any atom is 0.272 e. The molecular weight excluding hydrogens is 522 g/mol. The summed E-state index contributed by atoms with van der Waals surface area (Å²) in [5, 5.41) is 16.1. The third-order valence-corrected chi connectivity index (χ3v) is 11.2. The molecule has 11 nitrogen and oxygen atoms in total. The molecule has 39 heavy (non-hydrogen) atoms. The second kappa shape index (κ2) is 9.43. The molecule has 12 heteroatoms. The lowest BCUT2D eigenvalue weighted by molar-refractivity contribution is -0.254. The van der Waals surface area contributed by atoms with E-state index in [-0.39, 0.29) is 37.9 Å². The van der Waals surface area contributed by atoms with E-state index in [1.807, 2.05) is 0 Å². The molecule has 2 aliphatic heterocycles. The van der Waals surface area contributed by atoms with Crippen LogP contribution in [0.3, 0.4) is 0 Å². The van der Waals surface area contributed by atoms with Gasteiger partial charge >= 0.3 is 0 Å². The first kappa shape index (κ1) is 27.3. The van der Waals surface area contributed by atoms with Gasteiger partial charge in [0.15, 0.2) is 21.3 Å². The Labute approximate surface area is 228 Å². The lowest BCUT2D eigenvalue weighted by Gasteiger charge is -2.43. The third-order valence-electron chi connectivity index (χ3n) is 7.97. The molecule has 3 heterocycles. The normalized spacial score (nSPS) is 21.1. The lowest BCUT2D eigenvalue weighted by atomic mass is 10.0. The molecule has 2 fully saturated rings. The van der Waals surface area contributed by atoms with Crippen molar-refractivity contribution in [2.75, 3.05) is 26.3 Å². The average Bonchev–Trinajstić information content (AvgIpc) is 3.62. The molecule has 0 spiro atoms. The minimum absolute atomic E-state index is 0.0326. The highest BCUT2D eigenvalue weighted by molar-refractivity contribution is 7.94. The molecule has 1 aliphatic carbocycles. The van der Waals surface area contributed by atoms with Gasteiger partial charge in [-0.3, -0.25) is 14.3 Å². The third kappa shape index (κ3) is 4.73. The van der Waals surface area contributed by atoms with Crippen molar-refractivity contribution in [3.05, 3.63) is 52.3 Å². The minimum atomic E-state index is -3.71. The summed E-state index contributed by atoms with van der Waals surface area (Å²) in [5.41, 5.74) is 2.42. The summed E-state index contributed by atoms with van der Waals surface area (Å²) >= 11 is 0. The fourth-order valence-corrected chi connectivity index (χ4v) is 7.72. The van der Waals surface area contributed by atoms with Crippen molar-refractivity contribution in [2.24, 2.45) is 7.05 Å². The van der Waals surface area contributed by atoms with E-state index in [0.29, 0.717) is 42.6 Å². The zero-order valence-corrected chi connectivity index (χ0v) is 23.4. The van der Waals surface area contributed by atoms with Gasteiger partial charge in [-0.15, -0.1) is 0 Å². The van der Waals surface area contributed by atoms with Crippen LogP contribution in [0.5, 0.6) is 0 Å². The molecule has 3 aliphatic rings. The van der Waals surface area contributed by atoms with Gasteiger partial charge in [0.05, 0.1) is 29.6 Å². The molecular formula is C27H33N5O6S. The summed E-state index contributed by atoms with van der Waals surface area (Å²) in [4.78, 5) is 28.1. The van der Waals surface area contributed by atoms with Crippen molar-refractivity contribution in [3.8, 4) is 6.07 Å². The van der Waals surface area contributed by atoms with Gasteiger partial charge in [0.25, 0.3) is 11.8 Å². The van der Waals surface area contributed by atoms with E-state index in [0.717, 1.165) is 5.56 Å². The van der Waals surface area contributed by atoms with Crippen molar-refractivity contribution in [3.63, 3.8) is 0 Å². The molecule has 5 rings (SSSR count). The highest BCUT2D eigenvalue weighted by Gasteiger charge is 2.63. The molecule has 1 aromatic carbocycles. The number of aromatic nitrogens is 2. The predicted molar refractivity (Wildman–Crippen MR) is 140 cm³/mol. The van der Waals surface area contributed by atoms with Crippen molar-refractivity contribution in [1.82, 2.24) is 20.0 Å². The number of fused-ring (bicyclic) bond motifs is 1. The van der Waals surface area contributed by atoms with Crippen LogP contribution >= 0.6 is 0 Å². The Morgan fingerprint density at radius 1 is 1.15 bits per heavy atom. The van der Waals surface area contributed by atoms with Gasteiger partial charge in [0.1, 0.15) is 10.4 Å². The molecule has 0 atom stereocenters. The number of aryl methyl sites for hydroxylation is 1. The first-order valence-corrected chi connectivity index (χ1v) is 14.4. The van der Waals surface area contributed by atoms with Crippen molar-refractivity contribution < 1.29 is 27.5 Å². The summed E-state index contributed by atoms with van der Waals surface area (Å²) in [5.74, 6) is -1.57. The first-order valence-electron chi connectivity index (χ1n) is 13.0. The zero-order chi connectivity index (χ0) is 28.2. The number of nitriles is 1. The Morgan fingerprint density at radius 3 is 2.38 bits per heavy atom. The van der Waals surface area contributed by atoms with Gasteiger partial charge in [0, 0.05) is 32.2 Å². The van der Waals surface area contributed by atoms with E-state index < -0.39 is 31.0 Å². The number of hydrogen-bond acceptors (Lipinski definition) is 8. The van der Waals surface area contributed by atoms with E-state index in [1.165, 1.54) is 4.68 Å². The summed E-state index contributed by atoms with van der Waals surface area (Å²) in [6.07, 6.45) is 1.33. The molecule has 208 valence electrons. The van der Waals surface area contributed by atoms with Gasteiger partial charge in [-0.05, 0) is 57.7 Å². The van der Waals surface area contributed by atoms with Crippen LogP contribution in [0.1, 0.15) is 71.3 Å². The molecule has 1 N–H and O–H groups in total. The first-order chi connectivity index (χ1) is 18.3. The highest BCUT2D eigenvalue weighted by atomic mass is 32.2. The number of carbonyl (C=O) groups is 2. The number of nitrogens with one attached hydrogen (secondary N) is 1. The van der Waals surface area contributed by atoms with Gasteiger partial charge in [-0.1, -0.05) is 12.1 Å². The molecule has 0 radical (unpaired) electrons. The van der Waals surface area contributed by atoms with Crippen LogP contribution in [-0.2, 0) is 39.3 Å². The van der Waals surface area contributed by atoms with E-state index in [1.54, 1.807) is 57.0 Å². The number of nitrogens with zero attached hydrogens (tertiary/aromatic N) is 4. The SMILES string of the molecule is Cn1nc(C(=O)NCc2ccc(C#N)cc2)c2c1C(=O)N(CC1(S(=O)(=O)C3(C)COC(C)(C)OC3)CC1)CC2. The summed E-state index contributed by atoms with van der Waals surface area (Å²) in [7, 11) is -2.09. The van der Waals surface area contributed by atoms with E-state index in [2.05, 4.69) is 16.5 Å². The van der Waals surface area contributed by atoms with E-state index >= 15 is 0 Å². The van der Waals surface area contributed by atoms with Gasteiger partial charge in [-0.2, -0.15) is 10.4 Å².